The number of halogens is 1. The molecule has 0 unspecified atom stereocenters. The van der Waals surface area contributed by atoms with Crippen molar-refractivity contribution in [3.63, 3.8) is 0 Å². The van der Waals surface area contributed by atoms with Gasteiger partial charge in [-0.25, -0.2) is 0 Å². The van der Waals surface area contributed by atoms with Crippen molar-refractivity contribution < 1.29 is 14.6 Å². The Morgan fingerprint density at radius 3 is 2.41 bits per heavy atom. The van der Waals surface area contributed by atoms with Crippen LogP contribution in [0.2, 0.25) is 5.02 Å². The van der Waals surface area contributed by atoms with Gasteiger partial charge in [-0.05, 0) is 29.5 Å². The minimum absolute atomic E-state index is 0.0188. The van der Waals surface area contributed by atoms with E-state index in [1.165, 1.54) is 6.92 Å². The lowest BCUT2D eigenvalue weighted by Crippen LogP contribution is -2.49. The third-order valence-corrected chi connectivity index (χ3v) is 5.05. The predicted octanol–water partition coefficient (Wildman–Crippen LogP) is 2.01. The second kappa shape index (κ2) is 8.53. The SMILES string of the molecule is Cc1c([N+](=O)[O-])c([N+](=O)[O-])nn1CC(=O)N1CCN(Cc2cccc(Cl)c2)CC1. The van der Waals surface area contributed by atoms with E-state index in [1.54, 1.807) is 4.90 Å². The van der Waals surface area contributed by atoms with Crippen molar-refractivity contribution in [1.29, 1.82) is 0 Å². The Hall–Kier alpha value is -3.05. The quantitative estimate of drug-likeness (QED) is 0.514. The van der Waals surface area contributed by atoms with Crippen LogP contribution >= 0.6 is 11.6 Å². The van der Waals surface area contributed by atoms with Crippen molar-refractivity contribution in [3.05, 3.63) is 60.8 Å². The number of nitro groups is 2. The van der Waals surface area contributed by atoms with E-state index in [9.17, 15) is 25.0 Å². The molecule has 1 fully saturated rings. The largest absolute Gasteiger partial charge is 0.468 e. The van der Waals surface area contributed by atoms with Crippen LogP contribution in [0.3, 0.4) is 0 Å². The van der Waals surface area contributed by atoms with Gasteiger partial charge in [0, 0.05) is 37.7 Å². The first-order valence-corrected chi connectivity index (χ1v) is 9.25. The van der Waals surface area contributed by atoms with Crippen LogP contribution in [0.4, 0.5) is 11.5 Å². The van der Waals surface area contributed by atoms with Crippen LogP contribution in [0.25, 0.3) is 0 Å². The van der Waals surface area contributed by atoms with E-state index in [4.69, 9.17) is 11.6 Å². The molecule has 1 amide bonds. The Morgan fingerprint density at radius 1 is 1.17 bits per heavy atom. The van der Waals surface area contributed by atoms with Crippen molar-refractivity contribution in [2.45, 2.75) is 20.0 Å². The number of nitrogens with zero attached hydrogens (tertiary/aromatic N) is 6. The van der Waals surface area contributed by atoms with Gasteiger partial charge in [0.1, 0.15) is 12.2 Å². The van der Waals surface area contributed by atoms with Crippen LogP contribution in [0.1, 0.15) is 11.3 Å². The number of hydrogen-bond donors (Lipinski definition) is 0. The minimum Gasteiger partial charge on any atom is -0.358 e. The highest BCUT2D eigenvalue weighted by atomic mass is 35.5. The van der Waals surface area contributed by atoms with Gasteiger partial charge in [0.05, 0.1) is 10.0 Å². The van der Waals surface area contributed by atoms with Gasteiger partial charge < -0.3 is 15.0 Å². The molecule has 0 bridgehead atoms. The maximum absolute atomic E-state index is 12.6. The number of hydrogen-bond acceptors (Lipinski definition) is 7. The number of rotatable bonds is 6. The van der Waals surface area contributed by atoms with Gasteiger partial charge in [0.25, 0.3) is 0 Å². The molecule has 11 nitrogen and oxygen atoms in total. The molecule has 0 radical (unpaired) electrons. The van der Waals surface area contributed by atoms with Crippen LogP contribution in [0.15, 0.2) is 24.3 Å². The Bertz CT molecular complexity index is 954. The molecule has 1 saturated heterocycles. The fourth-order valence-corrected chi connectivity index (χ4v) is 3.50. The van der Waals surface area contributed by atoms with Gasteiger partial charge in [-0.3, -0.25) is 19.8 Å². The van der Waals surface area contributed by atoms with Crippen molar-refractivity contribution in [1.82, 2.24) is 19.6 Å². The van der Waals surface area contributed by atoms with Crippen LogP contribution in [-0.2, 0) is 17.9 Å². The Kier molecular flexibility index (Phi) is 6.09. The van der Waals surface area contributed by atoms with Gasteiger partial charge in [0.2, 0.25) is 5.91 Å². The Labute approximate surface area is 170 Å². The second-order valence-corrected chi connectivity index (χ2v) is 7.15. The summed E-state index contributed by atoms with van der Waals surface area (Å²) in [6.45, 7) is 4.09. The maximum atomic E-state index is 12.6. The first-order valence-electron chi connectivity index (χ1n) is 8.87. The monoisotopic (exact) mass is 422 g/mol. The number of aromatic nitrogens is 2. The molecule has 2 heterocycles. The average molecular weight is 423 g/mol. The fraction of sp³-hybridized carbons (Fsp3) is 0.412. The van der Waals surface area contributed by atoms with Gasteiger partial charge >= 0.3 is 11.5 Å². The fourth-order valence-electron chi connectivity index (χ4n) is 3.29. The zero-order valence-corrected chi connectivity index (χ0v) is 16.4. The molecule has 0 spiro atoms. The summed E-state index contributed by atoms with van der Waals surface area (Å²) in [4.78, 5) is 36.7. The molecule has 154 valence electrons. The van der Waals surface area contributed by atoms with Gasteiger partial charge in [-0.15, -0.1) is 0 Å². The molecule has 0 aliphatic carbocycles. The smallest absolute Gasteiger partial charge is 0.358 e. The predicted molar refractivity (Wildman–Crippen MR) is 104 cm³/mol. The van der Waals surface area contributed by atoms with Crippen LogP contribution in [0.5, 0.6) is 0 Å². The summed E-state index contributed by atoms with van der Waals surface area (Å²) >= 11 is 6.01. The van der Waals surface area contributed by atoms with Crippen LogP contribution < -0.4 is 0 Å². The van der Waals surface area contributed by atoms with E-state index >= 15 is 0 Å². The summed E-state index contributed by atoms with van der Waals surface area (Å²) in [5.74, 6) is -1.14. The summed E-state index contributed by atoms with van der Waals surface area (Å²) in [7, 11) is 0. The summed E-state index contributed by atoms with van der Waals surface area (Å²) in [5.41, 5.74) is 0.382. The number of piperazine rings is 1. The summed E-state index contributed by atoms with van der Waals surface area (Å²) in [6.07, 6.45) is 0. The molecule has 0 atom stereocenters. The molecule has 1 aliphatic heterocycles. The molecule has 12 heteroatoms. The normalized spacial score (nSPS) is 14.8. The first-order chi connectivity index (χ1) is 13.8. The summed E-state index contributed by atoms with van der Waals surface area (Å²) in [6, 6.07) is 7.60. The lowest BCUT2D eigenvalue weighted by molar-refractivity contribution is -0.424. The molecule has 1 aliphatic rings. The molecular formula is C17H19ClN6O5. The number of benzene rings is 1. The lowest BCUT2D eigenvalue weighted by atomic mass is 10.2. The maximum Gasteiger partial charge on any atom is 0.468 e. The molecule has 0 N–H and O–H groups in total. The van der Waals surface area contributed by atoms with Crippen LogP contribution in [0, 0.1) is 27.2 Å². The highest BCUT2D eigenvalue weighted by molar-refractivity contribution is 6.30. The molecule has 29 heavy (non-hydrogen) atoms. The van der Waals surface area contributed by atoms with Crippen molar-refractivity contribution in [3.8, 4) is 0 Å². The Morgan fingerprint density at radius 2 is 1.86 bits per heavy atom. The highest BCUT2D eigenvalue weighted by Crippen LogP contribution is 2.29. The molecule has 1 aromatic carbocycles. The second-order valence-electron chi connectivity index (χ2n) is 6.72. The van der Waals surface area contributed by atoms with Gasteiger partial charge in [0.15, 0.2) is 0 Å². The molecular weight excluding hydrogens is 404 g/mol. The Balaban J connectivity index is 1.61. The minimum atomic E-state index is -0.916. The van der Waals surface area contributed by atoms with Gasteiger partial charge in [-0.2, -0.15) is 4.68 Å². The van der Waals surface area contributed by atoms with E-state index in [-0.39, 0.29) is 18.1 Å². The van der Waals surface area contributed by atoms with E-state index in [0.29, 0.717) is 31.2 Å². The van der Waals surface area contributed by atoms with E-state index in [0.717, 1.165) is 16.8 Å². The molecule has 2 aromatic rings. The van der Waals surface area contributed by atoms with E-state index in [1.807, 2.05) is 24.3 Å². The van der Waals surface area contributed by atoms with Crippen LogP contribution in [-0.4, -0.2) is 61.5 Å². The molecule has 1 aromatic heterocycles. The van der Waals surface area contributed by atoms with E-state index in [2.05, 4.69) is 10.00 Å². The molecule has 0 saturated carbocycles. The zero-order valence-electron chi connectivity index (χ0n) is 15.7. The highest BCUT2D eigenvalue weighted by Gasteiger charge is 2.36. The molecule has 3 rings (SSSR count). The topological polar surface area (TPSA) is 128 Å². The zero-order chi connectivity index (χ0) is 21.1. The first kappa shape index (κ1) is 20.7. The number of amides is 1. The van der Waals surface area contributed by atoms with E-state index < -0.39 is 21.4 Å². The van der Waals surface area contributed by atoms with Gasteiger partial charge in [-0.1, -0.05) is 23.7 Å². The third-order valence-electron chi connectivity index (χ3n) is 4.82. The summed E-state index contributed by atoms with van der Waals surface area (Å²) in [5, 5.41) is 26.4. The summed E-state index contributed by atoms with van der Waals surface area (Å²) < 4.78 is 1.02. The lowest BCUT2D eigenvalue weighted by Gasteiger charge is -2.34. The number of carbonyl (C=O) groups is 1. The van der Waals surface area contributed by atoms with Crippen molar-refractivity contribution in [2.24, 2.45) is 0 Å². The third kappa shape index (κ3) is 4.69. The standard InChI is InChI=1S/C17H19ClN6O5/c1-12-16(23(26)27)17(24(28)29)19-22(12)11-15(25)21-7-5-20(6-8-21)10-13-3-2-4-14(18)9-13/h2-4,9H,5-8,10-11H2,1H3. The van der Waals surface area contributed by atoms with Crippen molar-refractivity contribution >= 4 is 29.0 Å². The number of carbonyl (C=O) groups excluding carboxylic acids is 1. The van der Waals surface area contributed by atoms with Crippen molar-refractivity contribution in [2.75, 3.05) is 26.2 Å². The average Bonchev–Trinajstić information content (AvgIpc) is 2.99.